The van der Waals surface area contributed by atoms with Gasteiger partial charge in [0.2, 0.25) is 5.91 Å². The zero-order valence-electron chi connectivity index (χ0n) is 21.4. The molecule has 1 aromatic heterocycles. The fraction of sp³-hybridized carbons (Fsp3) is 0.321. The topological polar surface area (TPSA) is 110 Å². The zero-order chi connectivity index (χ0) is 28.6. The molecule has 0 spiro atoms. The molecule has 8 nitrogen and oxygen atoms in total. The van der Waals surface area contributed by atoms with Crippen molar-refractivity contribution in [3.05, 3.63) is 100.0 Å². The number of anilines is 1. The average Bonchev–Trinajstić information content (AvgIpc) is 2.90. The maximum atomic E-state index is 13.3. The molecular formula is C28H30F3N3O5. The molecule has 3 aromatic rings. The average molecular weight is 546 g/mol. The van der Waals surface area contributed by atoms with E-state index in [2.05, 4.69) is 10.6 Å². The van der Waals surface area contributed by atoms with Gasteiger partial charge in [-0.25, -0.2) is 4.79 Å². The molecule has 1 heterocycles. The van der Waals surface area contributed by atoms with Crippen LogP contribution < -0.4 is 16.2 Å². The molecule has 3 rings (SSSR count). The summed E-state index contributed by atoms with van der Waals surface area (Å²) in [6, 6.07) is 19.2. The van der Waals surface area contributed by atoms with Gasteiger partial charge in [0.05, 0.1) is 6.04 Å². The number of ether oxygens (including phenoxy) is 1. The number of amides is 2. The highest BCUT2D eigenvalue weighted by atomic mass is 19.4. The Morgan fingerprint density at radius 2 is 1.54 bits per heavy atom. The van der Waals surface area contributed by atoms with Gasteiger partial charge in [-0.1, -0.05) is 74.5 Å². The molecule has 39 heavy (non-hydrogen) atoms. The number of nitrogens with one attached hydrogen (secondary N) is 2. The molecule has 0 aliphatic carbocycles. The van der Waals surface area contributed by atoms with Gasteiger partial charge in [0.15, 0.2) is 6.10 Å². The highest BCUT2D eigenvalue weighted by Gasteiger charge is 2.45. The first-order chi connectivity index (χ1) is 18.5. The highest BCUT2D eigenvalue weighted by molar-refractivity contribution is 5.84. The first kappa shape index (κ1) is 29.4. The van der Waals surface area contributed by atoms with Crippen LogP contribution in [0.15, 0.2) is 77.6 Å². The molecule has 0 saturated heterocycles. The minimum atomic E-state index is -4.94. The van der Waals surface area contributed by atoms with Crippen LogP contribution in [0.25, 0.3) is 0 Å². The fourth-order valence-electron chi connectivity index (χ4n) is 3.90. The molecule has 0 bridgehead atoms. The van der Waals surface area contributed by atoms with Crippen LogP contribution in [-0.2, 0) is 29.1 Å². The molecule has 2 atom stereocenters. The Kier molecular flexibility index (Phi) is 9.89. The molecule has 11 heteroatoms. The van der Waals surface area contributed by atoms with E-state index in [1.165, 1.54) is 19.9 Å². The van der Waals surface area contributed by atoms with Crippen LogP contribution in [0.3, 0.4) is 0 Å². The lowest BCUT2D eigenvalue weighted by Gasteiger charge is -2.29. The van der Waals surface area contributed by atoms with E-state index < -0.39 is 48.3 Å². The number of benzene rings is 2. The summed E-state index contributed by atoms with van der Waals surface area (Å²) in [5.41, 5.74) is 1.03. The summed E-state index contributed by atoms with van der Waals surface area (Å²) >= 11 is 0. The van der Waals surface area contributed by atoms with Crippen LogP contribution in [0.4, 0.5) is 23.7 Å². The van der Waals surface area contributed by atoms with E-state index in [1.54, 1.807) is 42.5 Å². The van der Waals surface area contributed by atoms with Crippen molar-refractivity contribution in [1.82, 2.24) is 9.88 Å². The molecule has 208 valence electrons. The van der Waals surface area contributed by atoms with Gasteiger partial charge in [0, 0.05) is 12.1 Å². The van der Waals surface area contributed by atoms with Gasteiger partial charge in [0.25, 0.3) is 5.56 Å². The molecule has 3 N–H and O–H groups in total. The molecule has 0 aliphatic rings. The first-order valence-corrected chi connectivity index (χ1v) is 12.2. The predicted molar refractivity (Wildman–Crippen MR) is 139 cm³/mol. The van der Waals surface area contributed by atoms with Gasteiger partial charge in [-0.05, 0) is 29.2 Å². The van der Waals surface area contributed by atoms with Gasteiger partial charge in [0.1, 0.15) is 18.8 Å². The van der Waals surface area contributed by atoms with E-state index in [0.717, 1.165) is 15.7 Å². The highest BCUT2D eigenvalue weighted by Crippen LogP contribution is 2.25. The third kappa shape index (κ3) is 8.44. The zero-order valence-corrected chi connectivity index (χ0v) is 21.4. The predicted octanol–water partition coefficient (Wildman–Crippen LogP) is 4.25. The normalized spacial score (nSPS) is 13.0. The molecule has 0 aliphatic heterocycles. The van der Waals surface area contributed by atoms with Crippen molar-refractivity contribution in [2.45, 2.75) is 51.7 Å². The minimum absolute atomic E-state index is 0.0342. The molecule has 2 unspecified atom stereocenters. The molecule has 2 aromatic carbocycles. The monoisotopic (exact) mass is 545 g/mol. The number of carbonyl (C=O) groups excluding carboxylic acids is 2. The van der Waals surface area contributed by atoms with Gasteiger partial charge in [-0.15, -0.1) is 0 Å². The largest absolute Gasteiger partial charge is 0.444 e. The number of alkyl halides is 3. The quantitative estimate of drug-likeness (QED) is 0.353. The van der Waals surface area contributed by atoms with E-state index in [1.807, 2.05) is 24.3 Å². The number of hydrogen-bond donors (Lipinski definition) is 3. The number of halogens is 3. The summed E-state index contributed by atoms with van der Waals surface area (Å²) in [5.74, 6) is -1.66. The molecule has 0 fully saturated rings. The standard InChI is InChI=1S/C28H30F3N3O5/c1-18(2)24(25(36)28(29,30)31)33-23(35)16-34-21(15-19-9-5-3-6-10-19)13-14-22(26(34)37)32-27(38)39-17-20-11-7-4-8-12-20/h3-14,18,24-25,36H,15-17H2,1-2H3,(H,32,38)(H,33,35). The van der Waals surface area contributed by atoms with Crippen LogP contribution in [-0.4, -0.2) is 40.0 Å². The van der Waals surface area contributed by atoms with Crippen LogP contribution in [0.5, 0.6) is 0 Å². The summed E-state index contributed by atoms with van der Waals surface area (Å²) in [7, 11) is 0. The maximum Gasteiger partial charge on any atom is 0.416 e. The Hall–Kier alpha value is -4.12. The van der Waals surface area contributed by atoms with E-state index >= 15 is 0 Å². The Morgan fingerprint density at radius 3 is 2.10 bits per heavy atom. The number of hydrogen-bond acceptors (Lipinski definition) is 5. The minimum Gasteiger partial charge on any atom is -0.444 e. The summed E-state index contributed by atoms with van der Waals surface area (Å²) in [4.78, 5) is 38.5. The number of pyridine rings is 1. The molecule has 0 radical (unpaired) electrons. The van der Waals surface area contributed by atoms with Crippen molar-refractivity contribution in [3.63, 3.8) is 0 Å². The van der Waals surface area contributed by atoms with Crippen molar-refractivity contribution in [2.24, 2.45) is 5.92 Å². The van der Waals surface area contributed by atoms with Gasteiger partial charge in [-0.3, -0.25) is 14.9 Å². The van der Waals surface area contributed by atoms with Crippen molar-refractivity contribution >= 4 is 17.7 Å². The van der Waals surface area contributed by atoms with E-state index in [4.69, 9.17) is 4.74 Å². The van der Waals surface area contributed by atoms with Crippen molar-refractivity contribution < 1.29 is 32.6 Å². The number of aromatic nitrogens is 1. The Morgan fingerprint density at radius 1 is 0.949 bits per heavy atom. The Labute approximate surface area is 223 Å². The Balaban J connectivity index is 1.84. The number of nitrogens with zero attached hydrogens (tertiary/aromatic N) is 1. The van der Waals surface area contributed by atoms with Crippen molar-refractivity contribution in [3.8, 4) is 0 Å². The number of aliphatic hydroxyl groups is 1. The molecule has 2 amide bonds. The van der Waals surface area contributed by atoms with Crippen LogP contribution in [0, 0.1) is 5.92 Å². The van der Waals surface area contributed by atoms with E-state index in [-0.39, 0.29) is 18.7 Å². The second kappa shape index (κ2) is 13.1. The fourth-order valence-corrected chi connectivity index (χ4v) is 3.90. The van der Waals surface area contributed by atoms with Crippen LogP contribution >= 0.6 is 0 Å². The van der Waals surface area contributed by atoms with E-state index in [9.17, 15) is 32.7 Å². The van der Waals surface area contributed by atoms with Crippen molar-refractivity contribution in [2.75, 3.05) is 5.32 Å². The lowest BCUT2D eigenvalue weighted by molar-refractivity contribution is -0.215. The van der Waals surface area contributed by atoms with Gasteiger partial charge in [-0.2, -0.15) is 13.2 Å². The summed E-state index contributed by atoms with van der Waals surface area (Å²) < 4.78 is 45.7. The summed E-state index contributed by atoms with van der Waals surface area (Å²) in [6.07, 6.45) is -8.38. The van der Waals surface area contributed by atoms with Gasteiger partial charge < -0.3 is 19.7 Å². The third-order valence-electron chi connectivity index (χ3n) is 5.97. The van der Waals surface area contributed by atoms with E-state index in [0.29, 0.717) is 5.69 Å². The third-order valence-corrected chi connectivity index (χ3v) is 5.97. The smallest absolute Gasteiger partial charge is 0.416 e. The van der Waals surface area contributed by atoms with Crippen molar-refractivity contribution in [1.29, 1.82) is 0 Å². The summed E-state index contributed by atoms with van der Waals surface area (Å²) in [5, 5.41) is 14.3. The number of rotatable bonds is 10. The molecular weight excluding hydrogens is 515 g/mol. The number of aliphatic hydroxyl groups excluding tert-OH is 1. The second-order valence-electron chi connectivity index (χ2n) is 9.30. The molecule has 0 saturated carbocycles. The van der Waals surface area contributed by atoms with Gasteiger partial charge >= 0.3 is 12.3 Å². The lowest BCUT2D eigenvalue weighted by atomic mass is 9.98. The number of carbonyl (C=O) groups is 2. The SMILES string of the molecule is CC(C)C(NC(=O)Cn1c(Cc2ccccc2)ccc(NC(=O)OCc2ccccc2)c1=O)C(O)C(F)(F)F. The maximum absolute atomic E-state index is 13.3. The van der Waals surface area contributed by atoms with Crippen LogP contribution in [0.2, 0.25) is 0 Å². The first-order valence-electron chi connectivity index (χ1n) is 12.2. The Bertz CT molecular complexity index is 1310. The summed E-state index contributed by atoms with van der Waals surface area (Å²) in [6.45, 7) is 2.19. The van der Waals surface area contributed by atoms with Crippen LogP contribution in [0.1, 0.15) is 30.7 Å². The second-order valence-corrected chi connectivity index (χ2v) is 9.30. The lowest BCUT2D eigenvalue weighted by Crippen LogP contribution is -2.53.